The van der Waals surface area contributed by atoms with Crippen LogP contribution in [0.15, 0.2) is 11.6 Å². The summed E-state index contributed by atoms with van der Waals surface area (Å²) in [6.45, 7) is 5.46. The van der Waals surface area contributed by atoms with Crippen molar-refractivity contribution >= 4 is 29.2 Å². The third-order valence-corrected chi connectivity index (χ3v) is 1.43. The molecule has 4 heteroatoms. The zero-order valence-corrected chi connectivity index (χ0v) is 7.78. The molecular weight excluding hydrogens is 187 g/mol. The molecule has 0 N–H and O–H groups in total. The first-order valence-corrected chi connectivity index (χ1v) is 4.03. The monoisotopic (exact) mass is 196 g/mol. The van der Waals surface area contributed by atoms with E-state index in [1.165, 1.54) is 0 Å². The van der Waals surface area contributed by atoms with E-state index in [2.05, 4.69) is 11.3 Å². The van der Waals surface area contributed by atoms with Gasteiger partial charge in [-0.05, 0) is 6.92 Å². The third-order valence-electron chi connectivity index (χ3n) is 0.943. The van der Waals surface area contributed by atoms with Gasteiger partial charge in [0.15, 0.2) is 0 Å². The summed E-state index contributed by atoms with van der Waals surface area (Å²) in [5, 5.41) is -0.349. The van der Waals surface area contributed by atoms with Gasteiger partial charge in [0.1, 0.15) is 5.38 Å². The van der Waals surface area contributed by atoms with Crippen LogP contribution in [0.5, 0.6) is 0 Å². The lowest BCUT2D eigenvalue weighted by atomic mass is 10.3. The summed E-state index contributed by atoms with van der Waals surface area (Å²) in [5.41, 5.74) is 0. The molecule has 0 radical (unpaired) electrons. The van der Waals surface area contributed by atoms with E-state index in [-0.39, 0.29) is 6.42 Å². The number of halogens is 2. The fraction of sp³-hybridized carbons (Fsp3) is 0.571. The molecule has 11 heavy (non-hydrogen) atoms. The van der Waals surface area contributed by atoms with Crippen molar-refractivity contribution < 1.29 is 9.53 Å². The normalized spacial score (nSPS) is 12.3. The van der Waals surface area contributed by atoms with E-state index < -0.39 is 11.3 Å². The second kappa shape index (κ2) is 5.44. The van der Waals surface area contributed by atoms with Gasteiger partial charge in [-0.15, -0.1) is 11.6 Å². The lowest BCUT2D eigenvalue weighted by Crippen LogP contribution is -2.17. The fourth-order valence-electron chi connectivity index (χ4n) is 0.510. The molecule has 0 aromatic rings. The first-order chi connectivity index (χ1) is 5.07. The average molecular weight is 197 g/mol. The predicted molar refractivity (Wildman–Crippen MR) is 45.9 cm³/mol. The first-order valence-electron chi connectivity index (χ1n) is 3.22. The van der Waals surface area contributed by atoms with Crippen LogP contribution in [-0.4, -0.2) is 18.0 Å². The quantitative estimate of drug-likeness (QED) is 0.510. The number of carbonyl (C=O) groups excluding carboxylic acids is 1. The standard InChI is InChI=1S/C7H10Cl2O2/c1-3-11-7(10)6(9)4-5(2)8/h6H,2-4H2,1H3. The summed E-state index contributed by atoms with van der Waals surface area (Å²) < 4.78 is 4.63. The van der Waals surface area contributed by atoms with E-state index in [4.69, 9.17) is 23.2 Å². The molecule has 0 bridgehead atoms. The Bertz CT molecular complexity index is 157. The lowest BCUT2D eigenvalue weighted by Gasteiger charge is -2.06. The van der Waals surface area contributed by atoms with Crippen LogP contribution in [0, 0.1) is 0 Å². The van der Waals surface area contributed by atoms with Crippen molar-refractivity contribution in [1.29, 1.82) is 0 Å². The summed E-state index contributed by atoms with van der Waals surface area (Å²) in [7, 11) is 0. The van der Waals surface area contributed by atoms with Gasteiger partial charge in [0.2, 0.25) is 0 Å². The molecule has 0 amide bonds. The van der Waals surface area contributed by atoms with Gasteiger partial charge in [-0.3, -0.25) is 4.79 Å². The number of alkyl halides is 1. The minimum Gasteiger partial charge on any atom is -0.465 e. The summed E-state index contributed by atoms with van der Waals surface area (Å²) in [6.07, 6.45) is 0.252. The molecule has 1 atom stereocenters. The Hall–Kier alpha value is -0.210. The summed E-state index contributed by atoms with van der Waals surface area (Å²) >= 11 is 11.0. The number of rotatable bonds is 4. The molecule has 0 aromatic heterocycles. The Labute approximate surface area is 76.1 Å². The maximum absolute atomic E-state index is 10.8. The number of hydrogen-bond acceptors (Lipinski definition) is 2. The molecule has 0 saturated carbocycles. The van der Waals surface area contributed by atoms with Crippen LogP contribution < -0.4 is 0 Å². The van der Waals surface area contributed by atoms with Gasteiger partial charge >= 0.3 is 5.97 Å². The van der Waals surface area contributed by atoms with E-state index in [1.54, 1.807) is 6.92 Å². The van der Waals surface area contributed by atoms with Crippen LogP contribution in [0.4, 0.5) is 0 Å². The highest BCUT2D eigenvalue weighted by Gasteiger charge is 2.16. The second-order valence-electron chi connectivity index (χ2n) is 1.94. The Kier molecular flexibility index (Phi) is 5.34. The maximum atomic E-state index is 10.8. The number of allylic oxidation sites excluding steroid dienone is 1. The van der Waals surface area contributed by atoms with Crippen molar-refractivity contribution in [3.8, 4) is 0 Å². The van der Waals surface area contributed by atoms with Crippen LogP contribution in [-0.2, 0) is 9.53 Å². The Morgan fingerprint density at radius 1 is 1.73 bits per heavy atom. The highest BCUT2D eigenvalue weighted by molar-refractivity contribution is 6.33. The molecule has 64 valence electrons. The van der Waals surface area contributed by atoms with Crippen LogP contribution in [0.3, 0.4) is 0 Å². The van der Waals surface area contributed by atoms with Crippen molar-refractivity contribution in [3.63, 3.8) is 0 Å². The molecule has 0 aliphatic rings. The van der Waals surface area contributed by atoms with E-state index in [9.17, 15) is 4.79 Å². The van der Waals surface area contributed by atoms with Crippen molar-refractivity contribution in [2.45, 2.75) is 18.7 Å². The predicted octanol–water partition coefficient (Wildman–Crippen LogP) is 2.30. The van der Waals surface area contributed by atoms with Crippen molar-refractivity contribution in [3.05, 3.63) is 11.6 Å². The van der Waals surface area contributed by atoms with Gasteiger partial charge in [0, 0.05) is 11.5 Å². The largest absolute Gasteiger partial charge is 0.465 e. The molecule has 0 aromatic carbocycles. The summed E-state index contributed by atoms with van der Waals surface area (Å²) in [6, 6.07) is 0. The van der Waals surface area contributed by atoms with Gasteiger partial charge in [-0.2, -0.15) is 0 Å². The van der Waals surface area contributed by atoms with E-state index >= 15 is 0 Å². The topological polar surface area (TPSA) is 26.3 Å². The Morgan fingerprint density at radius 2 is 2.27 bits per heavy atom. The second-order valence-corrected chi connectivity index (χ2v) is 3.00. The molecule has 0 saturated heterocycles. The van der Waals surface area contributed by atoms with Crippen molar-refractivity contribution in [1.82, 2.24) is 0 Å². The zero-order valence-electron chi connectivity index (χ0n) is 6.27. The number of ether oxygens (including phenoxy) is 1. The molecule has 0 aliphatic heterocycles. The lowest BCUT2D eigenvalue weighted by molar-refractivity contribution is -0.142. The smallest absolute Gasteiger partial charge is 0.324 e. The van der Waals surface area contributed by atoms with Crippen LogP contribution in [0.1, 0.15) is 13.3 Å². The van der Waals surface area contributed by atoms with Gasteiger partial charge in [0.05, 0.1) is 6.61 Å². The molecule has 0 aliphatic carbocycles. The molecule has 0 heterocycles. The third kappa shape index (κ3) is 5.10. The number of esters is 1. The summed E-state index contributed by atoms with van der Waals surface area (Å²) in [5.74, 6) is -0.448. The Balaban J connectivity index is 3.73. The number of carbonyl (C=O) groups is 1. The van der Waals surface area contributed by atoms with Crippen LogP contribution >= 0.6 is 23.2 Å². The highest BCUT2D eigenvalue weighted by atomic mass is 35.5. The first kappa shape index (κ1) is 10.8. The molecule has 2 nitrogen and oxygen atoms in total. The average Bonchev–Trinajstić information content (AvgIpc) is 1.86. The minimum atomic E-state index is -0.708. The number of hydrogen-bond donors (Lipinski definition) is 0. The molecule has 0 spiro atoms. The van der Waals surface area contributed by atoms with Crippen LogP contribution in [0.2, 0.25) is 0 Å². The highest BCUT2D eigenvalue weighted by Crippen LogP contribution is 2.13. The molecule has 0 fully saturated rings. The van der Waals surface area contributed by atoms with Gasteiger partial charge < -0.3 is 4.74 Å². The van der Waals surface area contributed by atoms with Gasteiger partial charge in [-0.1, -0.05) is 18.2 Å². The molecule has 1 unspecified atom stereocenters. The van der Waals surface area contributed by atoms with E-state index in [1.807, 2.05) is 0 Å². The molecular formula is C7H10Cl2O2. The fourth-order valence-corrected chi connectivity index (χ4v) is 0.993. The van der Waals surface area contributed by atoms with Gasteiger partial charge in [-0.25, -0.2) is 0 Å². The van der Waals surface area contributed by atoms with E-state index in [0.29, 0.717) is 11.6 Å². The minimum absolute atomic E-state index is 0.252. The van der Waals surface area contributed by atoms with Crippen LogP contribution in [0.25, 0.3) is 0 Å². The zero-order chi connectivity index (χ0) is 8.85. The van der Waals surface area contributed by atoms with Gasteiger partial charge in [0.25, 0.3) is 0 Å². The van der Waals surface area contributed by atoms with Crippen molar-refractivity contribution in [2.75, 3.05) is 6.61 Å². The van der Waals surface area contributed by atoms with E-state index in [0.717, 1.165) is 0 Å². The maximum Gasteiger partial charge on any atom is 0.324 e. The Morgan fingerprint density at radius 3 is 2.64 bits per heavy atom. The van der Waals surface area contributed by atoms with Crippen molar-refractivity contribution in [2.24, 2.45) is 0 Å². The SMILES string of the molecule is C=C(Cl)CC(Cl)C(=O)OCC. The summed E-state index contributed by atoms with van der Waals surface area (Å²) in [4.78, 5) is 10.8. The molecule has 0 rings (SSSR count).